The van der Waals surface area contributed by atoms with Gasteiger partial charge in [-0.1, -0.05) is 35.5 Å². The third-order valence-electron chi connectivity index (χ3n) is 3.02. The van der Waals surface area contributed by atoms with Crippen molar-refractivity contribution in [1.82, 2.24) is 5.16 Å². The molecule has 0 saturated carbocycles. The molecule has 100 valence electrons. The summed E-state index contributed by atoms with van der Waals surface area (Å²) in [6.45, 7) is 1.95. The highest BCUT2D eigenvalue weighted by molar-refractivity contribution is 6.03. The van der Waals surface area contributed by atoms with Crippen molar-refractivity contribution in [2.45, 2.75) is 13.5 Å². The van der Waals surface area contributed by atoms with E-state index in [1.54, 1.807) is 12.1 Å². The van der Waals surface area contributed by atoms with Gasteiger partial charge in [0.1, 0.15) is 17.9 Å². The molecule has 0 aliphatic carbocycles. The van der Waals surface area contributed by atoms with E-state index in [-0.39, 0.29) is 11.5 Å². The molecule has 1 aromatic heterocycles. The van der Waals surface area contributed by atoms with Gasteiger partial charge in [-0.15, -0.1) is 0 Å². The quantitative estimate of drug-likeness (QED) is 0.677. The Balaban J connectivity index is 1.81. The SMILES string of the molecule is CC(=O)c1onc2cc(OCc3ccccc3)ccc12. The van der Waals surface area contributed by atoms with Gasteiger partial charge in [0.2, 0.25) is 5.76 Å². The Bertz CT molecular complexity index is 747. The number of ether oxygens (including phenoxy) is 1. The first kappa shape index (κ1) is 12.4. The summed E-state index contributed by atoms with van der Waals surface area (Å²) in [6, 6.07) is 15.3. The molecule has 3 rings (SSSR count). The van der Waals surface area contributed by atoms with Gasteiger partial charge in [-0.2, -0.15) is 0 Å². The molecule has 4 heteroatoms. The average molecular weight is 267 g/mol. The third-order valence-corrected chi connectivity index (χ3v) is 3.02. The van der Waals surface area contributed by atoms with Gasteiger partial charge in [-0.3, -0.25) is 4.79 Å². The Kier molecular flexibility index (Phi) is 3.21. The number of nitrogens with zero attached hydrogens (tertiary/aromatic N) is 1. The number of benzene rings is 2. The fraction of sp³-hybridized carbons (Fsp3) is 0.125. The third kappa shape index (κ3) is 2.40. The Morgan fingerprint density at radius 2 is 2.00 bits per heavy atom. The van der Waals surface area contributed by atoms with Gasteiger partial charge in [0, 0.05) is 13.0 Å². The van der Waals surface area contributed by atoms with Crippen LogP contribution in [0.4, 0.5) is 0 Å². The van der Waals surface area contributed by atoms with Gasteiger partial charge in [0.25, 0.3) is 0 Å². The van der Waals surface area contributed by atoms with Gasteiger partial charge < -0.3 is 9.26 Å². The van der Waals surface area contributed by atoms with Crippen LogP contribution in [-0.4, -0.2) is 10.9 Å². The lowest BCUT2D eigenvalue weighted by Crippen LogP contribution is -1.95. The van der Waals surface area contributed by atoms with E-state index < -0.39 is 0 Å². The largest absolute Gasteiger partial charge is 0.489 e. The zero-order chi connectivity index (χ0) is 13.9. The molecule has 0 N–H and O–H groups in total. The van der Waals surface area contributed by atoms with Gasteiger partial charge >= 0.3 is 0 Å². The normalized spacial score (nSPS) is 10.7. The summed E-state index contributed by atoms with van der Waals surface area (Å²) in [5.41, 5.74) is 1.72. The number of aromatic nitrogens is 1. The first-order chi connectivity index (χ1) is 9.74. The van der Waals surface area contributed by atoms with Crippen LogP contribution in [0.3, 0.4) is 0 Å². The number of fused-ring (bicyclic) bond motifs is 1. The fourth-order valence-electron chi connectivity index (χ4n) is 2.01. The Morgan fingerprint density at radius 3 is 2.75 bits per heavy atom. The van der Waals surface area contributed by atoms with Crippen molar-refractivity contribution < 1.29 is 14.1 Å². The van der Waals surface area contributed by atoms with Crippen LogP contribution in [0.1, 0.15) is 23.0 Å². The standard InChI is InChI=1S/C16H13NO3/c1-11(18)16-14-8-7-13(9-15(14)17-20-16)19-10-12-5-3-2-4-6-12/h2-9H,10H2,1H3. The highest BCUT2D eigenvalue weighted by atomic mass is 16.5. The van der Waals surface area contributed by atoms with E-state index in [0.717, 1.165) is 5.56 Å². The van der Waals surface area contributed by atoms with Crippen molar-refractivity contribution in [1.29, 1.82) is 0 Å². The van der Waals surface area contributed by atoms with E-state index in [4.69, 9.17) is 9.26 Å². The van der Waals surface area contributed by atoms with E-state index in [1.165, 1.54) is 6.92 Å². The molecular formula is C16H13NO3. The van der Waals surface area contributed by atoms with Crippen LogP contribution in [-0.2, 0) is 6.61 Å². The maximum Gasteiger partial charge on any atom is 0.209 e. The number of hydrogen-bond donors (Lipinski definition) is 0. The van der Waals surface area contributed by atoms with E-state index in [2.05, 4.69) is 5.16 Å². The molecule has 4 nitrogen and oxygen atoms in total. The summed E-state index contributed by atoms with van der Waals surface area (Å²) < 4.78 is 10.7. The molecule has 1 heterocycles. The number of carbonyl (C=O) groups is 1. The lowest BCUT2D eigenvalue weighted by atomic mass is 10.2. The number of rotatable bonds is 4. The minimum atomic E-state index is -0.134. The van der Waals surface area contributed by atoms with E-state index in [1.807, 2.05) is 36.4 Å². The number of hydrogen-bond acceptors (Lipinski definition) is 4. The number of ketones is 1. The first-order valence-electron chi connectivity index (χ1n) is 6.31. The molecule has 0 radical (unpaired) electrons. The van der Waals surface area contributed by atoms with Crippen LogP contribution in [0.2, 0.25) is 0 Å². The molecule has 0 spiro atoms. The van der Waals surface area contributed by atoms with Crippen molar-refractivity contribution in [3.63, 3.8) is 0 Å². The summed E-state index contributed by atoms with van der Waals surface area (Å²) in [6.07, 6.45) is 0. The molecular weight excluding hydrogens is 254 g/mol. The van der Waals surface area contributed by atoms with Crippen LogP contribution >= 0.6 is 0 Å². The number of carbonyl (C=O) groups excluding carboxylic acids is 1. The first-order valence-corrected chi connectivity index (χ1v) is 6.31. The van der Waals surface area contributed by atoms with E-state index >= 15 is 0 Å². The fourth-order valence-corrected chi connectivity index (χ4v) is 2.01. The molecule has 0 saturated heterocycles. The highest BCUT2D eigenvalue weighted by Gasteiger charge is 2.12. The zero-order valence-electron chi connectivity index (χ0n) is 11.0. The number of Topliss-reactive ketones (excluding diaryl/α,β-unsaturated/α-hetero) is 1. The minimum Gasteiger partial charge on any atom is -0.489 e. The lowest BCUT2D eigenvalue weighted by molar-refractivity contribution is 0.0981. The van der Waals surface area contributed by atoms with Crippen molar-refractivity contribution in [2.75, 3.05) is 0 Å². The van der Waals surface area contributed by atoms with Crippen molar-refractivity contribution in [2.24, 2.45) is 0 Å². The van der Waals surface area contributed by atoms with E-state index in [9.17, 15) is 4.79 Å². The zero-order valence-corrected chi connectivity index (χ0v) is 11.0. The Labute approximate surface area is 116 Å². The summed E-state index contributed by atoms with van der Waals surface area (Å²) in [7, 11) is 0. The maximum atomic E-state index is 11.4. The van der Waals surface area contributed by atoms with Crippen LogP contribution in [0.15, 0.2) is 53.1 Å². The molecule has 20 heavy (non-hydrogen) atoms. The second-order valence-electron chi connectivity index (χ2n) is 4.52. The van der Waals surface area contributed by atoms with Gasteiger partial charge in [0.05, 0.1) is 5.39 Å². The smallest absolute Gasteiger partial charge is 0.209 e. The summed E-state index contributed by atoms with van der Waals surface area (Å²) in [4.78, 5) is 11.4. The van der Waals surface area contributed by atoms with Gasteiger partial charge in [-0.25, -0.2) is 0 Å². The predicted molar refractivity (Wildman–Crippen MR) is 74.8 cm³/mol. The topological polar surface area (TPSA) is 52.3 Å². The van der Waals surface area contributed by atoms with Gasteiger partial charge in [-0.05, 0) is 17.7 Å². The van der Waals surface area contributed by atoms with Gasteiger partial charge in [0.15, 0.2) is 5.78 Å². The summed E-state index contributed by atoms with van der Waals surface area (Å²) in [5, 5.41) is 4.59. The predicted octanol–water partition coefficient (Wildman–Crippen LogP) is 3.61. The second kappa shape index (κ2) is 5.17. The van der Waals surface area contributed by atoms with E-state index in [0.29, 0.717) is 23.3 Å². The molecule has 0 aliphatic heterocycles. The highest BCUT2D eigenvalue weighted by Crippen LogP contribution is 2.24. The molecule has 0 unspecified atom stereocenters. The molecule has 0 amide bonds. The molecule has 0 bridgehead atoms. The lowest BCUT2D eigenvalue weighted by Gasteiger charge is -2.05. The van der Waals surface area contributed by atoms with Crippen molar-refractivity contribution in [3.8, 4) is 5.75 Å². The van der Waals surface area contributed by atoms with Crippen LogP contribution < -0.4 is 4.74 Å². The molecule has 3 aromatic rings. The Hall–Kier alpha value is -2.62. The summed E-state index contributed by atoms with van der Waals surface area (Å²) in [5.74, 6) is 0.852. The summed E-state index contributed by atoms with van der Waals surface area (Å²) >= 11 is 0. The van der Waals surface area contributed by atoms with Crippen molar-refractivity contribution >= 4 is 16.7 Å². The minimum absolute atomic E-state index is 0.134. The molecule has 2 aromatic carbocycles. The Morgan fingerprint density at radius 1 is 1.20 bits per heavy atom. The van der Waals surface area contributed by atoms with Crippen LogP contribution in [0, 0.1) is 0 Å². The average Bonchev–Trinajstić information content (AvgIpc) is 2.89. The molecule has 0 atom stereocenters. The van der Waals surface area contributed by atoms with Crippen LogP contribution in [0.5, 0.6) is 5.75 Å². The second-order valence-corrected chi connectivity index (χ2v) is 4.52. The molecule has 0 fully saturated rings. The van der Waals surface area contributed by atoms with Crippen LogP contribution in [0.25, 0.3) is 10.9 Å². The maximum absolute atomic E-state index is 11.4. The monoisotopic (exact) mass is 267 g/mol. The van der Waals surface area contributed by atoms with Crippen molar-refractivity contribution in [3.05, 3.63) is 59.9 Å². The molecule has 0 aliphatic rings.